The third-order valence-electron chi connectivity index (χ3n) is 2.68. The third-order valence-corrected chi connectivity index (χ3v) is 2.68. The van der Waals surface area contributed by atoms with E-state index in [1.165, 1.54) is 0 Å². The number of carboxylic acids is 1. The van der Waals surface area contributed by atoms with Crippen molar-refractivity contribution >= 4 is 11.9 Å². The zero-order valence-corrected chi connectivity index (χ0v) is 12.1. The van der Waals surface area contributed by atoms with Gasteiger partial charge >= 0.3 is 5.97 Å². The van der Waals surface area contributed by atoms with Crippen LogP contribution >= 0.6 is 0 Å². The average Bonchev–Trinajstić information content (AvgIpc) is 2.25. The van der Waals surface area contributed by atoms with Gasteiger partial charge in [0.25, 0.3) is 0 Å². The number of hydrogen-bond acceptors (Lipinski definition) is 3. The topological polar surface area (TPSA) is 75.6 Å². The van der Waals surface area contributed by atoms with Crippen molar-refractivity contribution in [3.63, 3.8) is 0 Å². The second-order valence-corrected chi connectivity index (χ2v) is 4.99. The Morgan fingerprint density at radius 2 is 1.85 bits per heavy atom. The first-order chi connectivity index (χ1) is 9.36. The number of aliphatic carboxylic acids is 1. The molecule has 1 atom stereocenters. The molecule has 1 aromatic carbocycles. The van der Waals surface area contributed by atoms with E-state index in [0.29, 0.717) is 0 Å². The molecule has 5 nitrogen and oxygen atoms in total. The summed E-state index contributed by atoms with van der Waals surface area (Å²) in [6.07, 6.45) is 0.126. The Kier molecular flexibility index (Phi) is 6.03. The molecule has 0 bridgehead atoms. The summed E-state index contributed by atoms with van der Waals surface area (Å²) in [5.74, 6) is -0.388. The van der Waals surface area contributed by atoms with Crippen molar-refractivity contribution in [1.29, 1.82) is 0 Å². The fourth-order valence-electron chi connectivity index (χ4n) is 1.94. The van der Waals surface area contributed by atoms with Crippen molar-refractivity contribution in [1.82, 2.24) is 5.32 Å². The lowest BCUT2D eigenvalue weighted by atomic mass is 10.1. The van der Waals surface area contributed by atoms with Crippen molar-refractivity contribution in [2.45, 2.75) is 39.7 Å². The lowest BCUT2D eigenvalue weighted by Crippen LogP contribution is -2.34. The predicted molar refractivity (Wildman–Crippen MR) is 75.9 cm³/mol. The molecular formula is C15H21NO4. The number of hydrogen-bond donors (Lipinski definition) is 2. The smallest absolute Gasteiger partial charge is 0.305 e. The minimum Gasteiger partial charge on any atom is -0.493 e. The summed E-state index contributed by atoms with van der Waals surface area (Å²) in [6, 6.07) is 5.50. The minimum atomic E-state index is -0.927. The van der Waals surface area contributed by atoms with E-state index in [2.05, 4.69) is 5.32 Å². The zero-order chi connectivity index (χ0) is 15.1. The van der Waals surface area contributed by atoms with Crippen LogP contribution in [0, 0.1) is 13.8 Å². The van der Waals surface area contributed by atoms with Gasteiger partial charge in [0.1, 0.15) is 5.75 Å². The molecule has 0 heterocycles. The van der Waals surface area contributed by atoms with Crippen LogP contribution in [0.25, 0.3) is 0 Å². The highest BCUT2D eigenvalue weighted by Gasteiger charge is 2.10. The van der Waals surface area contributed by atoms with Crippen molar-refractivity contribution in [3.05, 3.63) is 29.3 Å². The number of rotatable bonds is 7. The average molecular weight is 279 g/mol. The Bertz CT molecular complexity index is 465. The summed E-state index contributed by atoms with van der Waals surface area (Å²) in [5.41, 5.74) is 2.22. The van der Waals surface area contributed by atoms with E-state index in [1.807, 2.05) is 32.0 Å². The van der Waals surface area contributed by atoms with Gasteiger partial charge < -0.3 is 15.2 Å². The molecule has 1 rings (SSSR count). The van der Waals surface area contributed by atoms with E-state index >= 15 is 0 Å². The lowest BCUT2D eigenvalue weighted by Gasteiger charge is -2.12. The van der Waals surface area contributed by atoms with Crippen LogP contribution in [0.3, 0.4) is 0 Å². The number of nitrogens with one attached hydrogen (secondary N) is 1. The van der Waals surface area contributed by atoms with Gasteiger partial charge in [0.05, 0.1) is 19.4 Å². The number of carbonyl (C=O) groups is 2. The molecule has 5 heteroatoms. The van der Waals surface area contributed by atoms with Crippen LogP contribution in [0.5, 0.6) is 5.75 Å². The predicted octanol–water partition coefficient (Wildman–Crippen LogP) is 2.05. The Labute approximate surface area is 118 Å². The van der Waals surface area contributed by atoms with Crippen molar-refractivity contribution in [3.8, 4) is 5.75 Å². The van der Waals surface area contributed by atoms with E-state index in [9.17, 15) is 9.59 Å². The highest BCUT2D eigenvalue weighted by Crippen LogP contribution is 2.16. The lowest BCUT2D eigenvalue weighted by molar-refractivity contribution is -0.137. The van der Waals surface area contributed by atoms with Gasteiger partial charge in [-0.05, 0) is 44.0 Å². The molecule has 110 valence electrons. The van der Waals surface area contributed by atoms with Gasteiger partial charge in [0.15, 0.2) is 0 Å². The standard InChI is InChI=1S/C15H21NO4/c1-10-6-11(2)8-13(7-10)20-5-4-14(17)16-12(3)9-15(18)19/h6-8,12H,4-5,9H2,1-3H3,(H,16,17)(H,18,19). The second kappa shape index (κ2) is 7.53. The number of aryl methyl sites for hydroxylation is 2. The van der Waals surface area contributed by atoms with Gasteiger partial charge in [-0.15, -0.1) is 0 Å². The maximum absolute atomic E-state index is 11.6. The SMILES string of the molecule is Cc1cc(C)cc(OCCC(=O)NC(C)CC(=O)O)c1. The largest absolute Gasteiger partial charge is 0.493 e. The van der Waals surface area contributed by atoms with E-state index < -0.39 is 5.97 Å². The first-order valence-electron chi connectivity index (χ1n) is 6.59. The molecule has 1 amide bonds. The molecule has 0 aliphatic carbocycles. The Morgan fingerprint density at radius 3 is 2.40 bits per heavy atom. The molecule has 0 aromatic heterocycles. The summed E-state index contributed by atoms with van der Waals surface area (Å²) in [6.45, 7) is 5.91. The summed E-state index contributed by atoms with van der Waals surface area (Å²) < 4.78 is 5.52. The van der Waals surface area contributed by atoms with Crippen LogP contribution in [-0.4, -0.2) is 29.6 Å². The Hall–Kier alpha value is -2.04. The number of ether oxygens (including phenoxy) is 1. The summed E-state index contributed by atoms with van der Waals surface area (Å²) >= 11 is 0. The van der Waals surface area contributed by atoms with Gasteiger partial charge in [-0.25, -0.2) is 0 Å². The normalized spacial score (nSPS) is 11.8. The van der Waals surface area contributed by atoms with Gasteiger partial charge in [0, 0.05) is 6.04 Å². The third kappa shape index (κ3) is 6.22. The molecule has 20 heavy (non-hydrogen) atoms. The Balaban J connectivity index is 2.33. The maximum atomic E-state index is 11.6. The van der Waals surface area contributed by atoms with Crippen molar-refractivity contribution < 1.29 is 19.4 Å². The Morgan fingerprint density at radius 1 is 1.25 bits per heavy atom. The highest BCUT2D eigenvalue weighted by atomic mass is 16.5. The fraction of sp³-hybridized carbons (Fsp3) is 0.467. The molecule has 0 saturated heterocycles. The second-order valence-electron chi connectivity index (χ2n) is 4.99. The van der Waals surface area contributed by atoms with Crippen LogP contribution in [-0.2, 0) is 9.59 Å². The van der Waals surface area contributed by atoms with Gasteiger partial charge in [-0.2, -0.15) is 0 Å². The molecule has 1 aromatic rings. The van der Waals surface area contributed by atoms with Crippen LogP contribution in [0.1, 0.15) is 30.9 Å². The fourth-order valence-corrected chi connectivity index (χ4v) is 1.94. The number of carboxylic acid groups (broad SMARTS) is 1. The van der Waals surface area contributed by atoms with Gasteiger partial charge in [-0.3, -0.25) is 9.59 Å². The van der Waals surface area contributed by atoms with Crippen molar-refractivity contribution in [2.24, 2.45) is 0 Å². The van der Waals surface area contributed by atoms with Crippen LogP contribution in [0.2, 0.25) is 0 Å². The molecule has 0 radical (unpaired) electrons. The first kappa shape index (κ1) is 16.0. The monoisotopic (exact) mass is 279 g/mol. The van der Waals surface area contributed by atoms with Gasteiger partial charge in [0.2, 0.25) is 5.91 Å². The van der Waals surface area contributed by atoms with Gasteiger partial charge in [-0.1, -0.05) is 6.07 Å². The first-order valence-corrected chi connectivity index (χ1v) is 6.59. The highest BCUT2D eigenvalue weighted by molar-refractivity contribution is 5.77. The van der Waals surface area contributed by atoms with E-state index in [0.717, 1.165) is 16.9 Å². The van der Waals surface area contributed by atoms with E-state index in [1.54, 1.807) is 6.92 Å². The summed E-state index contributed by atoms with van der Waals surface area (Å²) in [4.78, 5) is 22.1. The molecule has 0 fully saturated rings. The molecule has 1 unspecified atom stereocenters. The minimum absolute atomic E-state index is 0.0797. The van der Waals surface area contributed by atoms with E-state index in [4.69, 9.17) is 9.84 Å². The summed E-state index contributed by atoms with van der Waals surface area (Å²) in [5, 5.41) is 11.2. The number of carbonyl (C=O) groups excluding carboxylic acids is 1. The molecular weight excluding hydrogens is 258 g/mol. The quantitative estimate of drug-likeness (QED) is 0.801. The zero-order valence-electron chi connectivity index (χ0n) is 12.1. The summed E-state index contributed by atoms with van der Waals surface area (Å²) in [7, 11) is 0. The van der Waals surface area contributed by atoms with Crippen molar-refractivity contribution in [2.75, 3.05) is 6.61 Å². The number of benzene rings is 1. The molecule has 0 aliphatic rings. The molecule has 2 N–H and O–H groups in total. The van der Waals surface area contributed by atoms with Crippen LogP contribution in [0.4, 0.5) is 0 Å². The van der Waals surface area contributed by atoms with Crippen LogP contribution in [0.15, 0.2) is 18.2 Å². The molecule has 0 spiro atoms. The maximum Gasteiger partial charge on any atom is 0.305 e. The van der Waals surface area contributed by atoms with E-state index in [-0.39, 0.29) is 31.4 Å². The number of amides is 1. The van der Waals surface area contributed by atoms with Crippen LogP contribution < -0.4 is 10.1 Å². The molecule has 0 aliphatic heterocycles. The molecule has 0 saturated carbocycles.